The molecule has 2 N–H and O–H groups in total. The number of rotatable bonds is 10. The second-order valence-corrected chi connectivity index (χ2v) is 13.1. The van der Waals surface area contributed by atoms with Crippen molar-refractivity contribution in [2.24, 2.45) is 5.92 Å². The highest BCUT2D eigenvalue weighted by Crippen LogP contribution is 2.44. The molecule has 4 aromatic rings. The van der Waals surface area contributed by atoms with Crippen LogP contribution in [0.15, 0.2) is 36.5 Å². The van der Waals surface area contributed by atoms with E-state index in [-0.39, 0.29) is 47.2 Å². The van der Waals surface area contributed by atoms with Crippen LogP contribution in [0.25, 0.3) is 22.2 Å². The zero-order chi connectivity index (χ0) is 30.9. The predicted molar refractivity (Wildman–Crippen MR) is 159 cm³/mol. The Morgan fingerprint density at radius 1 is 1.11 bits per heavy atom. The summed E-state index contributed by atoms with van der Waals surface area (Å²) in [6.07, 6.45) is 7.93. The van der Waals surface area contributed by atoms with Crippen LogP contribution in [-0.4, -0.2) is 38.4 Å². The van der Waals surface area contributed by atoms with Gasteiger partial charge in [0.25, 0.3) is 5.91 Å². The van der Waals surface area contributed by atoms with Crippen molar-refractivity contribution >= 4 is 28.4 Å². The van der Waals surface area contributed by atoms with Crippen molar-refractivity contribution in [2.45, 2.75) is 76.0 Å². The molecule has 0 radical (unpaired) electrons. The fourth-order valence-corrected chi connectivity index (χ4v) is 5.79. The van der Waals surface area contributed by atoms with Crippen LogP contribution in [0.5, 0.6) is 5.75 Å². The topological polar surface area (TPSA) is 89.3 Å². The monoisotopic (exact) mass is 624 g/mol. The second kappa shape index (κ2) is 10.8. The van der Waals surface area contributed by atoms with Gasteiger partial charge in [0, 0.05) is 46.4 Å². The van der Waals surface area contributed by atoms with Crippen LogP contribution >= 0.6 is 11.6 Å². The molecule has 11 heteroatoms. The molecule has 1 atom stereocenters. The number of halogens is 4. The molecule has 0 unspecified atom stereocenters. The van der Waals surface area contributed by atoms with Gasteiger partial charge in [-0.3, -0.25) is 9.48 Å². The number of carbonyl (C=O) groups excluding carboxylic acids is 1. The Morgan fingerprint density at radius 3 is 2.52 bits per heavy atom. The van der Waals surface area contributed by atoms with Crippen LogP contribution in [0.2, 0.25) is 5.02 Å². The lowest BCUT2D eigenvalue weighted by Crippen LogP contribution is -2.30. The van der Waals surface area contributed by atoms with E-state index in [9.17, 15) is 14.3 Å². The largest absolute Gasteiger partial charge is 0.488 e. The number of benzene rings is 2. The summed E-state index contributed by atoms with van der Waals surface area (Å²) in [6, 6.07) is 7.42. The first-order valence-electron chi connectivity index (χ1n) is 15.0. The highest BCUT2D eigenvalue weighted by atomic mass is 35.5. The van der Waals surface area contributed by atoms with Gasteiger partial charge < -0.3 is 15.2 Å². The zero-order valence-corrected chi connectivity index (χ0v) is 25.1. The lowest BCUT2D eigenvalue weighted by Gasteiger charge is -2.24. The lowest BCUT2D eigenvalue weighted by atomic mass is 9.90. The Hall–Kier alpha value is -3.63. The molecule has 3 fully saturated rings. The number of nitrogens with one attached hydrogen (secondary N) is 1. The summed E-state index contributed by atoms with van der Waals surface area (Å²) >= 11 is 5.81. The van der Waals surface area contributed by atoms with Gasteiger partial charge in [0.1, 0.15) is 27.8 Å². The van der Waals surface area contributed by atoms with Crippen molar-refractivity contribution in [3.8, 4) is 17.0 Å². The first kappa shape index (κ1) is 29.1. The number of nitrogens with zero attached hydrogens (tertiary/aromatic N) is 3. The molecular formula is C33H32ClF3N4O3. The average Bonchev–Trinajstić information content (AvgIpc) is 3.83. The molecular weight excluding hydrogens is 593 g/mol. The van der Waals surface area contributed by atoms with Crippen LogP contribution in [0.3, 0.4) is 0 Å². The Morgan fingerprint density at radius 2 is 1.86 bits per heavy atom. The molecule has 0 spiro atoms. The molecule has 2 aromatic heterocycles. The summed E-state index contributed by atoms with van der Waals surface area (Å²) in [7, 11) is 0. The molecule has 7 rings (SSSR count). The molecule has 3 saturated carbocycles. The van der Waals surface area contributed by atoms with Crippen LogP contribution in [-0.2, 0) is 5.60 Å². The summed E-state index contributed by atoms with van der Waals surface area (Å²) in [5.74, 6) is -2.96. The van der Waals surface area contributed by atoms with E-state index >= 15 is 8.78 Å². The predicted octanol–water partition coefficient (Wildman–Crippen LogP) is 7.20. The fourth-order valence-electron chi connectivity index (χ4n) is 5.62. The van der Waals surface area contributed by atoms with Gasteiger partial charge in [-0.2, -0.15) is 5.10 Å². The van der Waals surface area contributed by atoms with Gasteiger partial charge in [-0.15, -0.1) is 0 Å². The molecule has 44 heavy (non-hydrogen) atoms. The molecule has 2 heterocycles. The number of fused-ring (bicyclic) bond motifs is 1. The Labute approximate surface area is 257 Å². The van der Waals surface area contributed by atoms with Crippen LogP contribution < -0.4 is 10.1 Å². The number of ether oxygens (including phenoxy) is 1. The van der Waals surface area contributed by atoms with E-state index in [1.165, 1.54) is 19.9 Å². The van der Waals surface area contributed by atoms with Gasteiger partial charge in [0.05, 0.1) is 17.7 Å². The molecule has 7 nitrogen and oxygen atoms in total. The van der Waals surface area contributed by atoms with Crippen LogP contribution in [0.4, 0.5) is 13.2 Å². The number of hydrogen-bond donors (Lipinski definition) is 2. The third kappa shape index (κ3) is 5.65. The minimum Gasteiger partial charge on any atom is -0.488 e. The van der Waals surface area contributed by atoms with Gasteiger partial charge in [0.2, 0.25) is 0 Å². The van der Waals surface area contributed by atoms with Gasteiger partial charge in [-0.25, -0.2) is 18.2 Å². The van der Waals surface area contributed by atoms with Crippen molar-refractivity contribution in [1.29, 1.82) is 0 Å². The van der Waals surface area contributed by atoms with E-state index in [2.05, 4.69) is 10.3 Å². The van der Waals surface area contributed by atoms with E-state index in [1.807, 2.05) is 16.9 Å². The summed E-state index contributed by atoms with van der Waals surface area (Å²) < 4.78 is 52.8. The highest BCUT2D eigenvalue weighted by molar-refractivity contribution is 6.31. The SMILES string of the molecule is CC(C)(O)c1cc([C@@H](CNC(=O)c2cc(OC3CC3)c3nn(C4CC4)cc3c2)C2CC2)nc(-c2ccc(F)c(Cl)c2F)c1F. The van der Waals surface area contributed by atoms with E-state index < -0.39 is 28.1 Å². The maximum Gasteiger partial charge on any atom is 0.251 e. The van der Waals surface area contributed by atoms with Crippen LogP contribution in [0.1, 0.15) is 85.9 Å². The third-order valence-corrected chi connectivity index (χ3v) is 8.92. The number of aromatic nitrogens is 3. The summed E-state index contributed by atoms with van der Waals surface area (Å²) in [5.41, 5.74) is -0.849. The first-order chi connectivity index (χ1) is 21.0. The first-order valence-corrected chi connectivity index (χ1v) is 15.4. The van der Waals surface area contributed by atoms with E-state index in [0.717, 1.165) is 61.6 Å². The van der Waals surface area contributed by atoms with E-state index in [0.29, 0.717) is 23.0 Å². The molecule has 0 bridgehead atoms. The fraction of sp³-hybridized carbons (Fsp3) is 0.424. The molecule has 1 amide bonds. The molecule has 3 aliphatic carbocycles. The minimum absolute atomic E-state index is 0.0886. The third-order valence-electron chi connectivity index (χ3n) is 8.57. The summed E-state index contributed by atoms with van der Waals surface area (Å²) in [6.45, 7) is 3.02. The Bertz CT molecular complexity index is 1790. The van der Waals surface area contributed by atoms with Crippen molar-refractivity contribution in [2.75, 3.05) is 6.54 Å². The van der Waals surface area contributed by atoms with Gasteiger partial charge in [-0.05, 0) is 88.6 Å². The minimum atomic E-state index is -1.63. The van der Waals surface area contributed by atoms with Crippen molar-refractivity contribution in [3.05, 3.63) is 75.8 Å². The number of amides is 1. The van der Waals surface area contributed by atoms with Gasteiger partial charge in [-0.1, -0.05) is 11.6 Å². The van der Waals surface area contributed by atoms with Gasteiger partial charge in [0.15, 0.2) is 11.6 Å². The zero-order valence-electron chi connectivity index (χ0n) is 24.3. The lowest BCUT2D eigenvalue weighted by molar-refractivity contribution is 0.0742. The molecule has 0 aliphatic heterocycles. The number of carbonyl (C=O) groups is 1. The quantitative estimate of drug-likeness (QED) is 0.182. The van der Waals surface area contributed by atoms with Crippen molar-refractivity contribution < 1.29 is 27.8 Å². The normalized spacial score (nSPS) is 17.6. The van der Waals surface area contributed by atoms with E-state index in [4.69, 9.17) is 21.4 Å². The van der Waals surface area contributed by atoms with Gasteiger partial charge >= 0.3 is 0 Å². The van der Waals surface area contributed by atoms with Crippen molar-refractivity contribution in [1.82, 2.24) is 20.1 Å². The second-order valence-electron chi connectivity index (χ2n) is 12.8. The number of pyridine rings is 1. The standard InChI is InChI=1S/C33H32ClF3N4O3/c1-33(2,43)23-13-25(39-31(29(23)37)21-9-10-24(35)27(34)28(21)36)22(16-3-4-16)14-38-32(42)17-11-18-15-41(19-5-6-19)40-30(18)26(12-17)44-20-7-8-20/h9-13,15-16,19-20,22,43H,3-8,14H2,1-2H3,(H,38,42)/t22-/m0/s1. The average molecular weight is 625 g/mol. The number of hydrogen-bond acceptors (Lipinski definition) is 5. The molecule has 230 valence electrons. The summed E-state index contributed by atoms with van der Waals surface area (Å²) in [4.78, 5) is 18.0. The number of aliphatic hydroxyl groups is 1. The molecule has 2 aromatic carbocycles. The Kier molecular flexibility index (Phi) is 7.12. The van der Waals surface area contributed by atoms with Crippen molar-refractivity contribution in [3.63, 3.8) is 0 Å². The van der Waals surface area contributed by atoms with Crippen LogP contribution in [0, 0.1) is 23.4 Å². The smallest absolute Gasteiger partial charge is 0.251 e. The molecule has 3 aliphatic rings. The Balaban J connectivity index is 1.21. The maximum absolute atomic E-state index is 15.8. The highest BCUT2D eigenvalue weighted by Gasteiger charge is 2.36. The maximum atomic E-state index is 15.8. The molecule has 0 saturated heterocycles. The summed E-state index contributed by atoms with van der Waals surface area (Å²) in [5, 5.41) is 18.6. The van der Waals surface area contributed by atoms with E-state index in [1.54, 1.807) is 6.07 Å².